The summed E-state index contributed by atoms with van der Waals surface area (Å²) in [5, 5.41) is 0. The summed E-state index contributed by atoms with van der Waals surface area (Å²) in [4.78, 5) is 10.9. The van der Waals surface area contributed by atoms with Crippen LogP contribution in [0.1, 0.15) is 40.9 Å². The Labute approximate surface area is 57.9 Å². The monoisotopic (exact) mass is 127 g/mol. The van der Waals surface area contributed by atoms with E-state index in [-0.39, 0.29) is 11.2 Å². The van der Waals surface area contributed by atoms with Crippen molar-refractivity contribution >= 4 is 5.78 Å². The first-order chi connectivity index (χ1) is 4.51. The minimum atomic E-state index is -0.441. The summed E-state index contributed by atoms with van der Waals surface area (Å²) in [6, 6.07) is 0. The molecule has 0 heterocycles. The van der Waals surface area contributed by atoms with Crippen molar-refractivity contribution in [3.63, 3.8) is 0 Å². The fourth-order valence-electron chi connectivity index (χ4n) is 1.06. The van der Waals surface area contributed by atoms with Gasteiger partial charge in [-0.3, -0.25) is 4.79 Å². The van der Waals surface area contributed by atoms with Gasteiger partial charge in [0, 0.05) is 14.2 Å². The van der Waals surface area contributed by atoms with Gasteiger partial charge in [-0.05, 0) is 18.3 Å². The largest absolute Gasteiger partial charge is 0.300 e. The Bertz CT molecular complexity index is 151. The zero-order chi connectivity index (χ0) is 7.78. The molecule has 0 aliphatic heterocycles. The van der Waals surface area contributed by atoms with Gasteiger partial charge >= 0.3 is 0 Å². The first kappa shape index (κ1) is 5.45. The molecule has 9 heavy (non-hydrogen) atoms. The molecule has 0 aromatic heterocycles. The third kappa shape index (κ3) is 1.81. The summed E-state index contributed by atoms with van der Waals surface area (Å²) in [7, 11) is 0. The van der Waals surface area contributed by atoms with Crippen molar-refractivity contribution in [1.82, 2.24) is 0 Å². The summed E-state index contributed by atoms with van der Waals surface area (Å²) < 4.78 is 7.38. The molecular weight excluding hydrogens is 112 g/mol. The normalized spacial score (nSPS) is 36.0. The Hall–Kier alpha value is -0.330. The zero-order valence-corrected chi connectivity index (χ0v) is 6.11. The van der Waals surface area contributed by atoms with E-state index in [1.807, 2.05) is 0 Å². The van der Waals surface area contributed by atoms with Crippen LogP contribution in [-0.4, -0.2) is 5.78 Å². The van der Waals surface area contributed by atoms with Crippen molar-refractivity contribution in [2.45, 2.75) is 39.5 Å². The van der Waals surface area contributed by atoms with Gasteiger partial charge in [-0.25, -0.2) is 0 Å². The smallest absolute Gasteiger partial charge is 0.132 e. The van der Waals surface area contributed by atoms with Crippen molar-refractivity contribution < 1.29 is 6.17 Å². The van der Waals surface area contributed by atoms with Gasteiger partial charge in [-0.15, -0.1) is 0 Å². The number of carbonyl (C=O) groups excluding carboxylic acids is 1. The van der Waals surface area contributed by atoms with E-state index in [1.165, 1.54) is 0 Å². The molecule has 0 saturated heterocycles. The lowest BCUT2D eigenvalue weighted by atomic mass is 9.77. The van der Waals surface area contributed by atoms with Gasteiger partial charge in [0.15, 0.2) is 0 Å². The van der Waals surface area contributed by atoms with Gasteiger partial charge in [0.25, 0.3) is 0 Å². The van der Waals surface area contributed by atoms with Gasteiger partial charge in [-0.2, -0.15) is 0 Å². The first-order valence-electron chi connectivity index (χ1n) is 4.04. The third-order valence-electron chi connectivity index (χ3n) is 1.93. The van der Waals surface area contributed by atoms with E-state index >= 15 is 0 Å². The maximum Gasteiger partial charge on any atom is 0.132 e. The quantitative estimate of drug-likeness (QED) is 0.487. The highest BCUT2D eigenvalue weighted by Crippen LogP contribution is 2.32. The van der Waals surface area contributed by atoms with Crippen molar-refractivity contribution in [3.8, 4) is 0 Å². The molecule has 1 aliphatic carbocycles. The van der Waals surface area contributed by atoms with Crippen LogP contribution in [0.5, 0.6) is 0 Å². The van der Waals surface area contributed by atoms with Crippen LogP contribution in [0.25, 0.3) is 0 Å². The lowest BCUT2D eigenvalue weighted by molar-refractivity contribution is -0.121. The van der Waals surface area contributed by atoms with Crippen molar-refractivity contribution in [2.75, 3.05) is 0 Å². The maximum absolute atomic E-state index is 10.9. The van der Waals surface area contributed by atoms with E-state index in [1.54, 1.807) is 0 Å². The van der Waals surface area contributed by atoms with Crippen LogP contribution in [-0.2, 0) is 4.79 Å². The first-order valence-corrected chi connectivity index (χ1v) is 3.46. The predicted octanol–water partition coefficient (Wildman–Crippen LogP) is 2.16. The highest BCUT2D eigenvalue weighted by Gasteiger charge is 2.24. The molecule has 1 unspecified atom stereocenters. The van der Waals surface area contributed by atoms with Gasteiger partial charge in [0.1, 0.15) is 5.78 Å². The van der Waals surface area contributed by atoms with Crippen molar-refractivity contribution in [1.29, 1.82) is 0 Å². The molecule has 1 rings (SSSR count). The van der Waals surface area contributed by atoms with E-state index < -0.39 is 6.40 Å². The number of ketones is 1. The molecule has 1 saturated carbocycles. The molecule has 0 aromatic rings. The second-order valence-corrected chi connectivity index (χ2v) is 3.54. The van der Waals surface area contributed by atoms with Gasteiger partial charge in [-0.1, -0.05) is 13.8 Å². The molecule has 1 heteroatoms. The Morgan fingerprint density at radius 1 is 1.56 bits per heavy atom. The molecule has 1 atom stereocenters. The van der Waals surface area contributed by atoms with Crippen molar-refractivity contribution in [2.24, 2.45) is 5.41 Å². The number of hydrogen-bond acceptors (Lipinski definition) is 1. The Morgan fingerprint density at radius 3 is 2.67 bits per heavy atom. The van der Waals surface area contributed by atoms with Gasteiger partial charge in [0.05, 0.1) is 0 Å². The highest BCUT2D eigenvalue weighted by molar-refractivity contribution is 5.79. The number of hydrogen-bond donors (Lipinski definition) is 0. The van der Waals surface area contributed by atoms with E-state index in [0.29, 0.717) is 6.42 Å². The maximum atomic E-state index is 10.9. The summed E-state index contributed by atoms with van der Waals surface area (Å²) in [5.41, 5.74) is 0.223. The average molecular weight is 127 g/mol. The summed E-state index contributed by atoms with van der Waals surface area (Å²) in [6.45, 7) is 4.25. The highest BCUT2D eigenvalue weighted by atomic mass is 16.1. The predicted molar refractivity (Wildman–Crippen MR) is 37.3 cm³/mol. The molecular formula is C8H14O. The minimum Gasteiger partial charge on any atom is -0.300 e. The number of carbonyl (C=O) groups is 1. The molecule has 1 nitrogen and oxygen atoms in total. The third-order valence-corrected chi connectivity index (χ3v) is 1.93. The number of Topliss-reactive ketones (excluding diaryl/α,β-unsaturated/α-hetero) is 1. The zero-order valence-electron chi connectivity index (χ0n) is 7.11. The van der Waals surface area contributed by atoms with Crippen LogP contribution in [0, 0.1) is 5.41 Å². The molecule has 0 amide bonds. The molecule has 1 aliphatic rings. The standard InChI is InChI=1S/C8H14O/c1-8(2)5-3-7(9)4-6-8/h3-6H2,1-2H3/i3D. The van der Waals surface area contributed by atoms with E-state index in [4.69, 9.17) is 1.37 Å². The lowest BCUT2D eigenvalue weighted by Gasteiger charge is -2.27. The van der Waals surface area contributed by atoms with E-state index in [9.17, 15) is 4.79 Å². The lowest BCUT2D eigenvalue weighted by Crippen LogP contribution is -2.20. The van der Waals surface area contributed by atoms with Crippen LogP contribution in [0.4, 0.5) is 0 Å². The Kier molecular flexibility index (Phi) is 1.29. The van der Waals surface area contributed by atoms with E-state index in [2.05, 4.69) is 13.8 Å². The second kappa shape index (κ2) is 2.13. The Morgan fingerprint density at radius 2 is 2.22 bits per heavy atom. The van der Waals surface area contributed by atoms with Crippen LogP contribution in [0.3, 0.4) is 0 Å². The van der Waals surface area contributed by atoms with Crippen LogP contribution < -0.4 is 0 Å². The SMILES string of the molecule is [2H]C1CC(C)(C)CCC1=O. The van der Waals surface area contributed by atoms with Gasteiger partial charge in [0.2, 0.25) is 0 Å². The fraction of sp³-hybridized carbons (Fsp3) is 0.875. The van der Waals surface area contributed by atoms with Crippen LogP contribution in [0.15, 0.2) is 0 Å². The summed E-state index contributed by atoms with van der Waals surface area (Å²) >= 11 is 0. The molecule has 0 radical (unpaired) electrons. The Balaban J connectivity index is 2.57. The fourth-order valence-corrected chi connectivity index (χ4v) is 1.06. The summed E-state index contributed by atoms with van der Waals surface area (Å²) in [5.74, 6) is 0.124. The van der Waals surface area contributed by atoms with E-state index in [0.717, 1.165) is 12.8 Å². The average Bonchev–Trinajstić information content (AvgIpc) is 1.79. The minimum absolute atomic E-state index is 0.124. The van der Waals surface area contributed by atoms with Crippen molar-refractivity contribution in [3.05, 3.63) is 0 Å². The number of rotatable bonds is 0. The molecule has 0 N–H and O–H groups in total. The van der Waals surface area contributed by atoms with Gasteiger partial charge < -0.3 is 0 Å². The van der Waals surface area contributed by atoms with Crippen LogP contribution >= 0.6 is 0 Å². The molecule has 0 spiro atoms. The second-order valence-electron chi connectivity index (χ2n) is 3.54. The topological polar surface area (TPSA) is 17.1 Å². The molecule has 1 fully saturated rings. The van der Waals surface area contributed by atoms with Crippen LogP contribution in [0.2, 0.25) is 0 Å². The molecule has 52 valence electrons. The molecule has 0 aromatic carbocycles. The summed E-state index contributed by atoms with van der Waals surface area (Å²) in [6.07, 6.45) is 1.87. The molecule has 0 bridgehead atoms.